The Bertz CT molecular complexity index is 750. The van der Waals surface area contributed by atoms with E-state index in [2.05, 4.69) is 4.90 Å². The van der Waals surface area contributed by atoms with Crippen molar-refractivity contribution < 1.29 is 13.9 Å². The van der Waals surface area contributed by atoms with Crippen LogP contribution in [-0.4, -0.2) is 19.7 Å². The normalized spacial score (nSPS) is 19.3. The molecule has 2 aliphatic rings. The van der Waals surface area contributed by atoms with Gasteiger partial charge in [0.15, 0.2) is 17.6 Å². The average molecular weight is 384 g/mol. The standard InChI is InChI=1S/C19H19ClFNO2.ClH/c20-13-7-8-14(15(21)11-13)18-12-23-17-6-4-5-16(19(17)24-18)22-9-2-1-3-10-22;/h4-8,11,18H,1-3,9-10,12H2;1H. The topological polar surface area (TPSA) is 21.7 Å². The van der Waals surface area contributed by atoms with E-state index in [4.69, 9.17) is 21.1 Å². The number of rotatable bonds is 2. The fourth-order valence-electron chi connectivity index (χ4n) is 3.38. The van der Waals surface area contributed by atoms with Crippen LogP contribution in [0.5, 0.6) is 11.5 Å². The van der Waals surface area contributed by atoms with Gasteiger partial charge in [0, 0.05) is 23.7 Å². The van der Waals surface area contributed by atoms with Crippen molar-refractivity contribution in [1.29, 1.82) is 0 Å². The summed E-state index contributed by atoms with van der Waals surface area (Å²) >= 11 is 5.84. The third-order valence-corrected chi connectivity index (χ3v) is 4.85. The Labute approximate surface area is 158 Å². The molecule has 6 heteroatoms. The molecular weight excluding hydrogens is 364 g/mol. The van der Waals surface area contributed by atoms with Crippen LogP contribution in [-0.2, 0) is 0 Å². The second-order valence-electron chi connectivity index (χ2n) is 6.24. The van der Waals surface area contributed by atoms with Crippen molar-refractivity contribution >= 4 is 29.7 Å². The van der Waals surface area contributed by atoms with Gasteiger partial charge >= 0.3 is 0 Å². The SMILES string of the molecule is Cl.Fc1cc(Cl)ccc1C1COc2cccc(N3CCCCC3)c2O1. The molecule has 0 amide bonds. The summed E-state index contributed by atoms with van der Waals surface area (Å²) in [6.07, 6.45) is 3.15. The molecule has 4 rings (SSSR count). The average Bonchev–Trinajstić information content (AvgIpc) is 2.61. The van der Waals surface area contributed by atoms with Crippen LogP contribution in [0.1, 0.15) is 30.9 Å². The predicted octanol–water partition coefficient (Wildman–Crippen LogP) is 5.40. The molecule has 0 radical (unpaired) electrons. The van der Waals surface area contributed by atoms with E-state index in [1.165, 1.54) is 25.3 Å². The summed E-state index contributed by atoms with van der Waals surface area (Å²) in [6.45, 7) is 2.31. The third-order valence-electron chi connectivity index (χ3n) is 4.61. The van der Waals surface area contributed by atoms with Crippen LogP contribution in [0.25, 0.3) is 0 Å². The zero-order valence-electron chi connectivity index (χ0n) is 13.7. The van der Waals surface area contributed by atoms with Crippen LogP contribution >= 0.6 is 24.0 Å². The number of hydrogen-bond acceptors (Lipinski definition) is 3. The molecule has 1 atom stereocenters. The van der Waals surface area contributed by atoms with Gasteiger partial charge in [0.05, 0.1) is 5.69 Å². The van der Waals surface area contributed by atoms with E-state index in [1.807, 2.05) is 18.2 Å². The van der Waals surface area contributed by atoms with Crippen LogP contribution in [0.3, 0.4) is 0 Å². The maximum absolute atomic E-state index is 14.2. The zero-order chi connectivity index (χ0) is 16.5. The third kappa shape index (κ3) is 3.65. The van der Waals surface area contributed by atoms with Crippen LogP contribution in [0.2, 0.25) is 5.02 Å². The van der Waals surface area contributed by atoms with Gasteiger partial charge in [-0.25, -0.2) is 4.39 Å². The van der Waals surface area contributed by atoms with Crippen molar-refractivity contribution in [1.82, 2.24) is 0 Å². The fourth-order valence-corrected chi connectivity index (χ4v) is 3.54. The molecule has 2 aromatic rings. The molecule has 0 saturated carbocycles. The van der Waals surface area contributed by atoms with E-state index in [1.54, 1.807) is 12.1 Å². The lowest BCUT2D eigenvalue weighted by molar-refractivity contribution is 0.0891. The first kappa shape index (κ1) is 18.2. The molecule has 0 spiro atoms. The number of fused-ring (bicyclic) bond motifs is 1. The summed E-state index contributed by atoms with van der Waals surface area (Å²) in [6, 6.07) is 10.6. The Morgan fingerprint density at radius 1 is 1.08 bits per heavy atom. The number of piperidine rings is 1. The highest BCUT2D eigenvalue weighted by atomic mass is 35.5. The minimum absolute atomic E-state index is 0. The second-order valence-corrected chi connectivity index (χ2v) is 6.67. The quantitative estimate of drug-likeness (QED) is 0.692. The number of anilines is 1. The van der Waals surface area contributed by atoms with Gasteiger partial charge in [-0.1, -0.05) is 23.7 Å². The lowest BCUT2D eigenvalue weighted by atomic mass is 10.1. The summed E-state index contributed by atoms with van der Waals surface area (Å²) in [5.74, 6) is 1.07. The van der Waals surface area contributed by atoms with Crippen LogP contribution in [0.15, 0.2) is 36.4 Å². The number of benzene rings is 2. The van der Waals surface area contributed by atoms with Crippen LogP contribution < -0.4 is 14.4 Å². The van der Waals surface area contributed by atoms with E-state index >= 15 is 0 Å². The van der Waals surface area contributed by atoms with Gasteiger partial charge in [0.2, 0.25) is 0 Å². The van der Waals surface area contributed by atoms with Crippen molar-refractivity contribution in [2.75, 3.05) is 24.6 Å². The molecule has 2 aliphatic heterocycles. The van der Waals surface area contributed by atoms with Crippen LogP contribution in [0, 0.1) is 5.82 Å². The van der Waals surface area contributed by atoms with E-state index in [0.29, 0.717) is 16.3 Å². The van der Waals surface area contributed by atoms with E-state index < -0.39 is 6.10 Å². The Morgan fingerprint density at radius 2 is 1.88 bits per heavy atom. The molecule has 1 fully saturated rings. The van der Waals surface area contributed by atoms with E-state index in [-0.39, 0.29) is 24.8 Å². The minimum atomic E-state index is -0.472. The highest BCUT2D eigenvalue weighted by molar-refractivity contribution is 6.30. The fraction of sp³-hybridized carbons (Fsp3) is 0.368. The highest BCUT2D eigenvalue weighted by Crippen LogP contribution is 2.44. The van der Waals surface area contributed by atoms with Gasteiger partial charge in [0.25, 0.3) is 0 Å². The zero-order valence-corrected chi connectivity index (χ0v) is 15.3. The molecule has 0 aromatic heterocycles. The number of ether oxygens (including phenoxy) is 2. The Balaban J connectivity index is 0.00000182. The Morgan fingerprint density at radius 3 is 2.64 bits per heavy atom. The molecule has 25 heavy (non-hydrogen) atoms. The second kappa shape index (κ2) is 7.71. The summed E-state index contributed by atoms with van der Waals surface area (Å²) in [5, 5.41) is 0.377. The lowest BCUT2D eigenvalue weighted by Crippen LogP contribution is -2.31. The predicted molar refractivity (Wildman–Crippen MR) is 100 cm³/mol. The van der Waals surface area contributed by atoms with Gasteiger partial charge in [-0.05, 0) is 43.5 Å². The number of nitrogens with zero attached hydrogens (tertiary/aromatic N) is 1. The molecule has 1 saturated heterocycles. The molecule has 1 unspecified atom stereocenters. The van der Waals surface area contributed by atoms with Crippen molar-refractivity contribution in [3.8, 4) is 11.5 Å². The molecular formula is C19H20Cl2FNO2. The molecule has 2 heterocycles. The molecule has 134 valence electrons. The summed E-state index contributed by atoms with van der Waals surface area (Å²) in [7, 11) is 0. The van der Waals surface area contributed by atoms with Crippen LogP contribution in [0.4, 0.5) is 10.1 Å². The highest BCUT2D eigenvalue weighted by Gasteiger charge is 2.28. The summed E-state index contributed by atoms with van der Waals surface area (Å²) in [4.78, 5) is 2.33. The number of hydrogen-bond donors (Lipinski definition) is 0. The molecule has 3 nitrogen and oxygen atoms in total. The largest absolute Gasteiger partial charge is 0.485 e. The monoisotopic (exact) mass is 383 g/mol. The minimum Gasteiger partial charge on any atom is -0.485 e. The van der Waals surface area contributed by atoms with Crippen molar-refractivity contribution in [3.63, 3.8) is 0 Å². The molecule has 0 aliphatic carbocycles. The first-order valence-electron chi connectivity index (χ1n) is 8.35. The summed E-state index contributed by atoms with van der Waals surface area (Å²) < 4.78 is 26.3. The Hall–Kier alpha value is -1.65. The van der Waals surface area contributed by atoms with Gasteiger partial charge < -0.3 is 14.4 Å². The molecule has 2 aromatic carbocycles. The smallest absolute Gasteiger partial charge is 0.185 e. The van der Waals surface area contributed by atoms with Crippen molar-refractivity contribution in [2.45, 2.75) is 25.4 Å². The van der Waals surface area contributed by atoms with Gasteiger partial charge in [0.1, 0.15) is 12.4 Å². The molecule has 0 bridgehead atoms. The molecule has 0 N–H and O–H groups in total. The van der Waals surface area contributed by atoms with Gasteiger partial charge in [-0.2, -0.15) is 0 Å². The van der Waals surface area contributed by atoms with Gasteiger partial charge in [-0.3, -0.25) is 0 Å². The maximum atomic E-state index is 14.2. The maximum Gasteiger partial charge on any atom is 0.185 e. The first-order chi connectivity index (χ1) is 11.7. The Kier molecular flexibility index (Phi) is 5.60. The van der Waals surface area contributed by atoms with E-state index in [9.17, 15) is 4.39 Å². The van der Waals surface area contributed by atoms with Crippen molar-refractivity contribution in [2.24, 2.45) is 0 Å². The summed E-state index contributed by atoms with van der Waals surface area (Å²) in [5.41, 5.74) is 1.50. The van der Waals surface area contributed by atoms with Crippen molar-refractivity contribution in [3.05, 3.63) is 52.8 Å². The van der Waals surface area contributed by atoms with Gasteiger partial charge in [-0.15, -0.1) is 12.4 Å². The van der Waals surface area contributed by atoms with E-state index in [0.717, 1.165) is 24.5 Å². The number of halogens is 3. The first-order valence-corrected chi connectivity index (χ1v) is 8.72. The lowest BCUT2D eigenvalue weighted by Gasteiger charge is -2.34. The number of para-hydroxylation sites is 1.